The molecule has 1 N–H and O–H groups in total. The zero-order valence-corrected chi connectivity index (χ0v) is 10.4. The van der Waals surface area contributed by atoms with Crippen LogP contribution >= 0.6 is 15.9 Å². The van der Waals surface area contributed by atoms with E-state index >= 15 is 0 Å². The molecule has 0 radical (unpaired) electrons. The Morgan fingerprint density at radius 2 is 1.88 bits per heavy atom. The van der Waals surface area contributed by atoms with Gasteiger partial charge in [-0.05, 0) is 30.3 Å². The molecule has 0 saturated heterocycles. The van der Waals surface area contributed by atoms with Crippen molar-refractivity contribution in [3.05, 3.63) is 64.4 Å². The number of halogens is 2. The van der Waals surface area contributed by atoms with Crippen molar-refractivity contribution in [1.29, 1.82) is 0 Å². The van der Waals surface area contributed by atoms with E-state index in [9.17, 15) is 9.18 Å². The molecule has 0 aliphatic rings. The smallest absolute Gasteiger partial charge is 0.258 e. The van der Waals surface area contributed by atoms with Crippen molar-refractivity contribution in [3.8, 4) is 0 Å². The molecule has 86 valence electrons. The predicted octanol–water partition coefficient (Wildman–Crippen LogP) is 3.84. The summed E-state index contributed by atoms with van der Waals surface area (Å²) in [5.74, 6) is -0.985. The maximum atomic E-state index is 13.4. The van der Waals surface area contributed by atoms with Crippen molar-refractivity contribution in [3.63, 3.8) is 0 Å². The van der Waals surface area contributed by atoms with Crippen LogP contribution in [0.5, 0.6) is 0 Å². The summed E-state index contributed by atoms with van der Waals surface area (Å²) in [6.45, 7) is 0. The fourth-order valence-electron chi connectivity index (χ4n) is 1.41. The second-order valence-corrected chi connectivity index (χ2v) is 4.36. The third-order valence-corrected chi connectivity index (χ3v) is 2.69. The molecule has 0 bridgehead atoms. The highest BCUT2D eigenvalue weighted by Gasteiger charge is 2.10. The molecule has 2 aromatic carbocycles. The summed E-state index contributed by atoms with van der Waals surface area (Å²) in [6.07, 6.45) is 0. The average molecular weight is 294 g/mol. The van der Waals surface area contributed by atoms with Gasteiger partial charge < -0.3 is 5.32 Å². The summed E-state index contributed by atoms with van der Waals surface area (Å²) in [4.78, 5) is 11.8. The van der Waals surface area contributed by atoms with Crippen LogP contribution in [0.3, 0.4) is 0 Å². The number of rotatable bonds is 2. The SMILES string of the molecule is O=C(Nc1cccc(Br)c1)c1ccccc1F. The normalized spacial score (nSPS) is 10.0. The minimum Gasteiger partial charge on any atom is -0.322 e. The van der Waals surface area contributed by atoms with Gasteiger partial charge in [0.15, 0.2) is 0 Å². The van der Waals surface area contributed by atoms with Crippen LogP contribution in [-0.4, -0.2) is 5.91 Å². The molecule has 0 unspecified atom stereocenters. The van der Waals surface area contributed by atoms with Gasteiger partial charge in [-0.15, -0.1) is 0 Å². The Hall–Kier alpha value is -1.68. The van der Waals surface area contributed by atoms with E-state index in [1.165, 1.54) is 12.1 Å². The first-order valence-electron chi connectivity index (χ1n) is 4.98. The Morgan fingerprint density at radius 1 is 1.12 bits per heavy atom. The highest BCUT2D eigenvalue weighted by atomic mass is 79.9. The quantitative estimate of drug-likeness (QED) is 0.895. The number of nitrogens with one attached hydrogen (secondary N) is 1. The second-order valence-electron chi connectivity index (χ2n) is 3.44. The number of carbonyl (C=O) groups is 1. The van der Waals surface area contributed by atoms with E-state index < -0.39 is 11.7 Å². The van der Waals surface area contributed by atoms with E-state index in [1.807, 2.05) is 6.07 Å². The fraction of sp³-hybridized carbons (Fsp3) is 0. The number of hydrogen-bond acceptors (Lipinski definition) is 1. The van der Waals surface area contributed by atoms with Crippen LogP contribution < -0.4 is 5.32 Å². The lowest BCUT2D eigenvalue weighted by Gasteiger charge is -2.06. The Kier molecular flexibility index (Phi) is 3.54. The van der Waals surface area contributed by atoms with E-state index in [0.29, 0.717) is 5.69 Å². The Morgan fingerprint density at radius 3 is 2.59 bits per heavy atom. The van der Waals surface area contributed by atoms with Gasteiger partial charge in [-0.2, -0.15) is 0 Å². The maximum absolute atomic E-state index is 13.4. The summed E-state index contributed by atoms with van der Waals surface area (Å²) < 4.78 is 14.2. The van der Waals surface area contributed by atoms with Gasteiger partial charge in [0.25, 0.3) is 5.91 Å². The molecule has 2 nitrogen and oxygen atoms in total. The monoisotopic (exact) mass is 293 g/mol. The van der Waals surface area contributed by atoms with Crippen LogP contribution in [0.1, 0.15) is 10.4 Å². The number of benzene rings is 2. The van der Waals surface area contributed by atoms with Crippen LogP contribution in [-0.2, 0) is 0 Å². The first-order chi connectivity index (χ1) is 8.16. The predicted molar refractivity (Wildman–Crippen MR) is 68.5 cm³/mol. The minimum atomic E-state index is -0.528. The van der Waals surface area contributed by atoms with Gasteiger partial charge in [-0.25, -0.2) is 4.39 Å². The molecular weight excluding hydrogens is 285 g/mol. The Labute approximate surface area is 107 Å². The van der Waals surface area contributed by atoms with E-state index in [2.05, 4.69) is 21.2 Å². The molecule has 0 aliphatic heterocycles. The standard InChI is InChI=1S/C13H9BrFNO/c14-9-4-3-5-10(8-9)16-13(17)11-6-1-2-7-12(11)15/h1-8H,(H,16,17). The summed E-state index contributed by atoms with van der Waals surface area (Å²) in [7, 11) is 0. The molecule has 17 heavy (non-hydrogen) atoms. The van der Waals surface area contributed by atoms with E-state index in [-0.39, 0.29) is 5.56 Å². The lowest BCUT2D eigenvalue weighted by Crippen LogP contribution is -2.13. The third kappa shape index (κ3) is 2.91. The topological polar surface area (TPSA) is 29.1 Å². The summed E-state index contributed by atoms with van der Waals surface area (Å²) in [5, 5.41) is 2.63. The molecule has 2 aromatic rings. The van der Waals surface area contributed by atoms with Gasteiger partial charge in [-0.1, -0.05) is 34.1 Å². The molecule has 0 aromatic heterocycles. The summed E-state index contributed by atoms with van der Waals surface area (Å²) in [5.41, 5.74) is 0.653. The van der Waals surface area contributed by atoms with Crippen LogP contribution in [0.15, 0.2) is 53.0 Å². The van der Waals surface area contributed by atoms with Crippen molar-refractivity contribution in [1.82, 2.24) is 0 Å². The highest BCUT2D eigenvalue weighted by molar-refractivity contribution is 9.10. The van der Waals surface area contributed by atoms with Crippen molar-refractivity contribution in [2.45, 2.75) is 0 Å². The summed E-state index contributed by atoms with van der Waals surface area (Å²) >= 11 is 3.30. The molecule has 0 heterocycles. The van der Waals surface area contributed by atoms with Gasteiger partial charge >= 0.3 is 0 Å². The van der Waals surface area contributed by atoms with Gasteiger partial charge in [0.1, 0.15) is 5.82 Å². The molecule has 0 atom stereocenters. The van der Waals surface area contributed by atoms with E-state index in [1.54, 1.807) is 30.3 Å². The number of amides is 1. The third-order valence-electron chi connectivity index (χ3n) is 2.20. The van der Waals surface area contributed by atoms with Crippen LogP contribution in [0, 0.1) is 5.82 Å². The van der Waals surface area contributed by atoms with Crippen LogP contribution in [0.2, 0.25) is 0 Å². The van der Waals surface area contributed by atoms with Crippen molar-refractivity contribution in [2.75, 3.05) is 5.32 Å². The summed E-state index contributed by atoms with van der Waals surface area (Å²) in [6, 6.07) is 13.0. The van der Waals surface area contributed by atoms with Crippen molar-refractivity contribution in [2.24, 2.45) is 0 Å². The molecule has 0 aliphatic carbocycles. The maximum Gasteiger partial charge on any atom is 0.258 e. The Balaban J connectivity index is 2.20. The molecule has 1 amide bonds. The average Bonchev–Trinajstić information content (AvgIpc) is 2.29. The largest absolute Gasteiger partial charge is 0.322 e. The number of hydrogen-bond donors (Lipinski definition) is 1. The lowest BCUT2D eigenvalue weighted by atomic mass is 10.2. The van der Waals surface area contributed by atoms with Crippen LogP contribution in [0.25, 0.3) is 0 Å². The molecule has 0 saturated carbocycles. The lowest BCUT2D eigenvalue weighted by molar-refractivity contribution is 0.102. The van der Waals surface area contributed by atoms with E-state index in [4.69, 9.17) is 0 Å². The van der Waals surface area contributed by atoms with E-state index in [0.717, 1.165) is 4.47 Å². The van der Waals surface area contributed by atoms with Gasteiger partial charge in [0.05, 0.1) is 5.56 Å². The van der Waals surface area contributed by atoms with Crippen molar-refractivity contribution < 1.29 is 9.18 Å². The first-order valence-corrected chi connectivity index (χ1v) is 5.77. The number of carbonyl (C=O) groups excluding carboxylic acids is 1. The van der Waals surface area contributed by atoms with Crippen LogP contribution in [0.4, 0.5) is 10.1 Å². The zero-order valence-electron chi connectivity index (χ0n) is 8.78. The van der Waals surface area contributed by atoms with Gasteiger partial charge in [-0.3, -0.25) is 4.79 Å². The highest BCUT2D eigenvalue weighted by Crippen LogP contribution is 2.17. The molecule has 4 heteroatoms. The molecular formula is C13H9BrFNO. The van der Waals surface area contributed by atoms with Crippen molar-refractivity contribution >= 4 is 27.5 Å². The number of anilines is 1. The van der Waals surface area contributed by atoms with Gasteiger partial charge in [0, 0.05) is 10.2 Å². The molecule has 2 rings (SSSR count). The Bertz CT molecular complexity index is 557. The second kappa shape index (κ2) is 5.10. The molecule has 0 fully saturated rings. The van der Waals surface area contributed by atoms with Gasteiger partial charge in [0.2, 0.25) is 0 Å². The first kappa shape index (κ1) is 11.8. The zero-order chi connectivity index (χ0) is 12.3. The minimum absolute atomic E-state index is 0.0347. The fourth-order valence-corrected chi connectivity index (χ4v) is 1.81. The molecule has 0 spiro atoms.